The van der Waals surface area contributed by atoms with Gasteiger partial charge in [-0.25, -0.2) is 0 Å². The van der Waals surface area contributed by atoms with Crippen molar-refractivity contribution in [3.05, 3.63) is 28.6 Å². The third-order valence-corrected chi connectivity index (χ3v) is 5.79. The topological polar surface area (TPSA) is 79.5 Å². The highest BCUT2D eigenvalue weighted by Gasteiger charge is 2.25. The first-order valence-electron chi connectivity index (χ1n) is 10.7. The van der Waals surface area contributed by atoms with E-state index in [1.165, 1.54) is 0 Å². The van der Waals surface area contributed by atoms with Crippen LogP contribution in [0.15, 0.2) is 11.6 Å². The Morgan fingerprint density at radius 1 is 1.33 bits per heavy atom. The fourth-order valence-electron chi connectivity index (χ4n) is 4.23. The molecule has 2 rings (SSSR count). The van der Waals surface area contributed by atoms with Crippen LogP contribution >= 0.6 is 0 Å². The second kappa shape index (κ2) is 11.3. The average molecular weight is 417 g/mol. The molecule has 0 radical (unpaired) electrons. The van der Waals surface area contributed by atoms with Crippen LogP contribution in [-0.4, -0.2) is 68.0 Å². The number of nitrogens with zero attached hydrogens (tertiary/aromatic N) is 3. The third-order valence-electron chi connectivity index (χ3n) is 5.79. The number of carbonyl (C=O) groups excluding carboxylic acids is 1. The fraction of sp³-hybridized carbons (Fsp3) is 0.652. The lowest BCUT2D eigenvalue weighted by molar-refractivity contribution is -0.117. The molecule has 7 heteroatoms. The molecule has 0 aromatic carbocycles. The molecule has 1 aliphatic rings. The molecule has 1 fully saturated rings. The molecule has 166 valence electrons. The molecule has 0 aliphatic carbocycles. The summed E-state index contributed by atoms with van der Waals surface area (Å²) in [6.07, 6.45) is 1.69. The van der Waals surface area contributed by atoms with E-state index >= 15 is 0 Å². The Morgan fingerprint density at radius 2 is 2.00 bits per heavy atom. The Kier molecular flexibility index (Phi) is 9.09. The van der Waals surface area contributed by atoms with E-state index in [0.29, 0.717) is 19.1 Å². The summed E-state index contributed by atoms with van der Waals surface area (Å²) >= 11 is 0. The lowest BCUT2D eigenvalue weighted by atomic mass is 10.0. The first-order chi connectivity index (χ1) is 14.3. The monoisotopic (exact) mass is 416 g/mol. The van der Waals surface area contributed by atoms with Crippen LogP contribution in [0.2, 0.25) is 0 Å². The second-order valence-corrected chi connectivity index (χ2v) is 8.34. The summed E-state index contributed by atoms with van der Waals surface area (Å²) in [5, 5.41) is 12.6. The fourth-order valence-corrected chi connectivity index (χ4v) is 4.23. The number of methoxy groups -OCH3 is 1. The van der Waals surface area contributed by atoms with Crippen LogP contribution in [0.1, 0.15) is 43.8 Å². The third kappa shape index (κ3) is 5.94. The average Bonchev–Trinajstić information content (AvgIpc) is 2.99. The van der Waals surface area contributed by atoms with Crippen molar-refractivity contribution in [1.82, 2.24) is 14.8 Å². The standard InChI is InChI=1S/C23H36N4O3/c1-16(2)22(26-7-9-30-10-8-26)14-25-23(28)21(13-24)12-20-11-17(3)27(19(20)5)18(4)15-29-6/h11-12,16,18,22H,7-10,14-15H2,1-6H3,(H,25,28)/b21-12-. The van der Waals surface area contributed by atoms with Gasteiger partial charge >= 0.3 is 0 Å². The van der Waals surface area contributed by atoms with Crippen molar-refractivity contribution in [1.29, 1.82) is 5.26 Å². The maximum atomic E-state index is 12.8. The van der Waals surface area contributed by atoms with Crippen LogP contribution < -0.4 is 5.32 Å². The number of hydrogen-bond acceptors (Lipinski definition) is 5. The number of hydrogen-bond donors (Lipinski definition) is 1. The van der Waals surface area contributed by atoms with Crippen LogP contribution in [0.4, 0.5) is 0 Å². The summed E-state index contributed by atoms with van der Waals surface area (Å²) in [7, 11) is 1.69. The van der Waals surface area contributed by atoms with Gasteiger partial charge in [-0.2, -0.15) is 5.26 Å². The van der Waals surface area contributed by atoms with Crippen LogP contribution in [-0.2, 0) is 14.3 Å². The Morgan fingerprint density at radius 3 is 2.57 bits per heavy atom. The van der Waals surface area contributed by atoms with E-state index in [4.69, 9.17) is 9.47 Å². The number of rotatable bonds is 9. The largest absolute Gasteiger partial charge is 0.383 e. The smallest absolute Gasteiger partial charge is 0.262 e. The molecular weight excluding hydrogens is 380 g/mol. The number of aryl methyl sites for hydroxylation is 1. The molecule has 30 heavy (non-hydrogen) atoms. The molecule has 0 spiro atoms. The van der Waals surface area contributed by atoms with Crippen molar-refractivity contribution in [2.45, 2.75) is 46.7 Å². The van der Waals surface area contributed by atoms with Gasteiger partial charge in [0.2, 0.25) is 0 Å². The van der Waals surface area contributed by atoms with Gasteiger partial charge in [-0.05, 0) is 44.4 Å². The molecule has 1 N–H and O–H groups in total. The summed E-state index contributed by atoms with van der Waals surface area (Å²) < 4.78 is 12.9. The van der Waals surface area contributed by atoms with E-state index in [1.54, 1.807) is 13.2 Å². The normalized spacial score (nSPS) is 17.6. The quantitative estimate of drug-likeness (QED) is 0.495. The van der Waals surface area contributed by atoms with E-state index in [0.717, 1.165) is 43.3 Å². The molecule has 7 nitrogen and oxygen atoms in total. The minimum atomic E-state index is -0.328. The van der Waals surface area contributed by atoms with Gasteiger partial charge in [0.05, 0.1) is 25.9 Å². The number of nitrogens with one attached hydrogen (secondary N) is 1. The summed E-state index contributed by atoms with van der Waals surface area (Å²) in [5.74, 6) is 0.0604. The molecule has 0 saturated carbocycles. The maximum absolute atomic E-state index is 12.8. The molecule has 2 unspecified atom stereocenters. The van der Waals surface area contributed by atoms with Crippen molar-refractivity contribution >= 4 is 12.0 Å². The molecule has 1 saturated heterocycles. The lowest BCUT2D eigenvalue weighted by Crippen LogP contribution is -2.51. The summed E-state index contributed by atoms with van der Waals surface area (Å²) in [4.78, 5) is 15.1. The predicted octanol–water partition coefficient (Wildman–Crippen LogP) is 2.69. The Bertz CT molecular complexity index is 785. The van der Waals surface area contributed by atoms with Crippen molar-refractivity contribution in [3.63, 3.8) is 0 Å². The minimum Gasteiger partial charge on any atom is -0.383 e. The summed E-state index contributed by atoms with van der Waals surface area (Å²) in [5.41, 5.74) is 3.11. The molecule has 0 bridgehead atoms. The van der Waals surface area contributed by atoms with Gasteiger partial charge in [-0.3, -0.25) is 9.69 Å². The maximum Gasteiger partial charge on any atom is 0.262 e. The number of amides is 1. The second-order valence-electron chi connectivity index (χ2n) is 8.34. The number of morpholine rings is 1. The predicted molar refractivity (Wildman–Crippen MR) is 118 cm³/mol. The van der Waals surface area contributed by atoms with Gasteiger partial charge in [-0.1, -0.05) is 13.8 Å². The van der Waals surface area contributed by atoms with Crippen LogP contribution in [0.3, 0.4) is 0 Å². The van der Waals surface area contributed by atoms with Gasteiger partial charge in [-0.15, -0.1) is 0 Å². The number of ether oxygens (including phenoxy) is 2. The van der Waals surface area contributed by atoms with Crippen molar-refractivity contribution in [2.75, 3.05) is 46.6 Å². The van der Waals surface area contributed by atoms with Gasteiger partial charge in [0.25, 0.3) is 5.91 Å². The number of aromatic nitrogens is 1. The molecular formula is C23H36N4O3. The van der Waals surface area contributed by atoms with Crippen molar-refractivity contribution < 1.29 is 14.3 Å². The molecule has 1 amide bonds. The van der Waals surface area contributed by atoms with Crippen molar-refractivity contribution in [3.8, 4) is 6.07 Å². The first kappa shape index (κ1) is 24.1. The van der Waals surface area contributed by atoms with E-state index in [9.17, 15) is 10.1 Å². The Hall–Kier alpha value is -2.14. The highest BCUT2D eigenvalue weighted by atomic mass is 16.5. The van der Waals surface area contributed by atoms with Crippen LogP contribution in [0.25, 0.3) is 6.08 Å². The van der Waals surface area contributed by atoms with Gasteiger partial charge in [0, 0.05) is 44.2 Å². The van der Waals surface area contributed by atoms with E-state index in [-0.39, 0.29) is 23.6 Å². The highest BCUT2D eigenvalue weighted by molar-refractivity contribution is 6.01. The van der Waals surface area contributed by atoms with Crippen LogP contribution in [0.5, 0.6) is 0 Å². The number of carbonyl (C=O) groups is 1. The minimum absolute atomic E-state index is 0.124. The molecule has 1 aromatic heterocycles. The van der Waals surface area contributed by atoms with Gasteiger partial charge in [0.15, 0.2) is 0 Å². The Labute approximate surface area is 180 Å². The zero-order valence-corrected chi connectivity index (χ0v) is 19.2. The van der Waals surface area contributed by atoms with Gasteiger partial charge in [0.1, 0.15) is 11.6 Å². The van der Waals surface area contributed by atoms with Gasteiger partial charge < -0.3 is 19.4 Å². The molecule has 1 aliphatic heterocycles. The lowest BCUT2D eigenvalue weighted by Gasteiger charge is -2.36. The SMILES string of the molecule is COCC(C)n1c(C)cc(/C=C(/C#N)C(=O)NCC(C(C)C)N2CCOCC2)c1C. The Balaban J connectivity index is 2.13. The zero-order valence-electron chi connectivity index (χ0n) is 19.2. The molecule has 2 heterocycles. The van der Waals surface area contributed by atoms with Crippen molar-refractivity contribution in [2.24, 2.45) is 5.92 Å². The molecule has 2 atom stereocenters. The van der Waals surface area contributed by atoms with Crippen LogP contribution in [0, 0.1) is 31.1 Å². The zero-order chi connectivity index (χ0) is 22.3. The highest BCUT2D eigenvalue weighted by Crippen LogP contribution is 2.23. The first-order valence-corrected chi connectivity index (χ1v) is 10.7. The summed E-state index contributed by atoms with van der Waals surface area (Å²) in [6, 6.07) is 4.48. The van der Waals surface area contributed by atoms with E-state index < -0.39 is 0 Å². The van der Waals surface area contributed by atoms with E-state index in [2.05, 4.69) is 41.6 Å². The van der Waals surface area contributed by atoms with E-state index in [1.807, 2.05) is 19.9 Å². The number of nitriles is 1. The summed E-state index contributed by atoms with van der Waals surface area (Å²) in [6.45, 7) is 14.7. The molecule has 1 aromatic rings.